The maximum absolute atomic E-state index is 6.17. The summed E-state index contributed by atoms with van der Waals surface area (Å²) in [4.78, 5) is 2.36. The van der Waals surface area contributed by atoms with Crippen LogP contribution in [-0.2, 0) is 0 Å². The van der Waals surface area contributed by atoms with Gasteiger partial charge in [-0.2, -0.15) is 0 Å². The highest BCUT2D eigenvalue weighted by molar-refractivity contribution is 9.10. The highest BCUT2D eigenvalue weighted by Gasteiger charge is 2.25. The van der Waals surface area contributed by atoms with Crippen molar-refractivity contribution in [3.8, 4) is 0 Å². The van der Waals surface area contributed by atoms with E-state index < -0.39 is 0 Å². The third kappa shape index (κ3) is 2.60. The predicted molar refractivity (Wildman–Crippen MR) is 67.0 cm³/mol. The van der Waals surface area contributed by atoms with Crippen molar-refractivity contribution in [3.63, 3.8) is 0 Å². The van der Waals surface area contributed by atoms with Crippen LogP contribution in [0.1, 0.15) is 17.9 Å². The predicted octanol–water partition coefficient (Wildman–Crippen LogP) is 2.20. The van der Waals surface area contributed by atoms with E-state index >= 15 is 0 Å². The Hall–Kier alpha value is -0.380. The molecular weight excluding hydrogens is 252 g/mol. The first-order chi connectivity index (χ1) is 7.16. The molecule has 3 heteroatoms. The number of halogens is 1. The highest BCUT2D eigenvalue weighted by Crippen LogP contribution is 2.26. The average molecular weight is 269 g/mol. The van der Waals surface area contributed by atoms with E-state index in [1.807, 2.05) is 0 Å². The molecule has 1 aromatic carbocycles. The Morgan fingerprint density at radius 1 is 1.33 bits per heavy atom. The van der Waals surface area contributed by atoms with Gasteiger partial charge in [-0.25, -0.2) is 0 Å². The van der Waals surface area contributed by atoms with Crippen molar-refractivity contribution in [2.24, 2.45) is 5.73 Å². The summed E-state index contributed by atoms with van der Waals surface area (Å²) in [5, 5.41) is 0. The Labute approximate surface area is 99.6 Å². The van der Waals surface area contributed by atoms with Crippen LogP contribution in [0.25, 0.3) is 0 Å². The maximum Gasteiger partial charge on any atom is 0.0175 e. The molecule has 1 saturated heterocycles. The first kappa shape index (κ1) is 11.1. The van der Waals surface area contributed by atoms with Crippen LogP contribution < -0.4 is 5.73 Å². The van der Waals surface area contributed by atoms with E-state index in [2.05, 4.69) is 52.1 Å². The topological polar surface area (TPSA) is 29.3 Å². The third-order valence-electron chi connectivity index (χ3n) is 3.17. The van der Waals surface area contributed by atoms with Crippen molar-refractivity contribution in [1.82, 2.24) is 4.90 Å². The number of likely N-dealkylation sites (N-methyl/N-ethyl adjacent to an activating group) is 1. The van der Waals surface area contributed by atoms with Crippen molar-refractivity contribution in [1.29, 1.82) is 0 Å². The van der Waals surface area contributed by atoms with Crippen molar-refractivity contribution in [3.05, 3.63) is 34.3 Å². The Morgan fingerprint density at radius 2 is 2.00 bits per heavy atom. The molecule has 1 fully saturated rings. The lowest BCUT2D eigenvalue weighted by molar-refractivity contribution is 0.228. The third-order valence-corrected chi connectivity index (χ3v) is 3.70. The number of piperidine rings is 1. The fourth-order valence-electron chi connectivity index (χ4n) is 2.20. The van der Waals surface area contributed by atoms with Gasteiger partial charge in [0, 0.05) is 23.0 Å². The van der Waals surface area contributed by atoms with E-state index in [1.54, 1.807) is 0 Å². The monoisotopic (exact) mass is 268 g/mol. The SMILES string of the molecule is CN1CCC(N)C(c2ccc(Br)cc2)C1. The normalized spacial score (nSPS) is 27.9. The highest BCUT2D eigenvalue weighted by atomic mass is 79.9. The smallest absolute Gasteiger partial charge is 0.0175 e. The minimum absolute atomic E-state index is 0.308. The summed E-state index contributed by atoms with van der Waals surface area (Å²) in [5.74, 6) is 0.483. The lowest BCUT2D eigenvalue weighted by Crippen LogP contribution is -2.43. The Morgan fingerprint density at radius 3 is 2.67 bits per heavy atom. The molecule has 1 heterocycles. The number of rotatable bonds is 1. The molecule has 0 amide bonds. The second-order valence-corrected chi connectivity index (χ2v) is 5.29. The molecule has 15 heavy (non-hydrogen) atoms. The van der Waals surface area contributed by atoms with Gasteiger partial charge in [-0.05, 0) is 37.7 Å². The fourth-order valence-corrected chi connectivity index (χ4v) is 2.46. The Balaban J connectivity index is 2.17. The van der Waals surface area contributed by atoms with Gasteiger partial charge in [-0.1, -0.05) is 28.1 Å². The van der Waals surface area contributed by atoms with Crippen LogP contribution >= 0.6 is 15.9 Å². The number of hydrogen-bond donors (Lipinski definition) is 1. The van der Waals surface area contributed by atoms with E-state index in [1.165, 1.54) is 5.56 Å². The fraction of sp³-hybridized carbons (Fsp3) is 0.500. The van der Waals surface area contributed by atoms with Gasteiger partial charge in [0.05, 0.1) is 0 Å². The molecule has 0 aromatic heterocycles. The van der Waals surface area contributed by atoms with Crippen LogP contribution in [0, 0.1) is 0 Å². The largest absolute Gasteiger partial charge is 0.327 e. The molecule has 82 valence electrons. The first-order valence-corrected chi connectivity index (χ1v) is 6.15. The summed E-state index contributed by atoms with van der Waals surface area (Å²) in [6.07, 6.45) is 1.09. The number of benzene rings is 1. The molecule has 2 rings (SSSR count). The van der Waals surface area contributed by atoms with E-state index in [-0.39, 0.29) is 0 Å². The van der Waals surface area contributed by atoms with E-state index in [0.717, 1.165) is 24.0 Å². The van der Waals surface area contributed by atoms with Gasteiger partial charge in [-0.3, -0.25) is 0 Å². The summed E-state index contributed by atoms with van der Waals surface area (Å²) >= 11 is 3.45. The van der Waals surface area contributed by atoms with Crippen LogP contribution in [0.2, 0.25) is 0 Å². The molecule has 0 spiro atoms. The summed E-state index contributed by atoms with van der Waals surface area (Å²) < 4.78 is 1.13. The van der Waals surface area contributed by atoms with Crippen molar-refractivity contribution in [2.75, 3.05) is 20.1 Å². The zero-order valence-corrected chi connectivity index (χ0v) is 10.6. The van der Waals surface area contributed by atoms with Crippen LogP contribution in [0.15, 0.2) is 28.7 Å². The second kappa shape index (κ2) is 4.64. The van der Waals surface area contributed by atoms with E-state index in [9.17, 15) is 0 Å². The molecule has 0 radical (unpaired) electrons. The molecule has 2 nitrogen and oxygen atoms in total. The van der Waals surface area contributed by atoms with Gasteiger partial charge < -0.3 is 10.6 Å². The average Bonchev–Trinajstić information content (AvgIpc) is 2.23. The van der Waals surface area contributed by atoms with Crippen molar-refractivity contribution >= 4 is 15.9 Å². The van der Waals surface area contributed by atoms with Crippen LogP contribution in [0.5, 0.6) is 0 Å². The minimum Gasteiger partial charge on any atom is -0.327 e. The van der Waals surface area contributed by atoms with Gasteiger partial charge in [-0.15, -0.1) is 0 Å². The number of nitrogens with two attached hydrogens (primary N) is 1. The quantitative estimate of drug-likeness (QED) is 0.846. The zero-order chi connectivity index (χ0) is 10.8. The van der Waals surface area contributed by atoms with Gasteiger partial charge in [0.15, 0.2) is 0 Å². The molecule has 1 aliphatic heterocycles. The molecule has 2 N–H and O–H groups in total. The van der Waals surface area contributed by atoms with Crippen molar-refractivity contribution in [2.45, 2.75) is 18.4 Å². The summed E-state index contributed by atoms with van der Waals surface area (Å²) in [6.45, 7) is 2.19. The second-order valence-electron chi connectivity index (χ2n) is 4.37. The summed E-state index contributed by atoms with van der Waals surface area (Å²) in [6, 6.07) is 8.84. The standard InChI is InChI=1S/C12H17BrN2/c1-15-7-6-12(14)11(8-15)9-2-4-10(13)5-3-9/h2-5,11-12H,6-8,14H2,1H3. The van der Waals surface area contributed by atoms with Crippen molar-refractivity contribution < 1.29 is 0 Å². The van der Waals surface area contributed by atoms with Gasteiger partial charge in [0.2, 0.25) is 0 Å². The molecule has 0 saturated carbocycles. The number of hydrogen-bond acceptors (Lipinski definition) is 2. The summed E-state index contributed by atoms with van der Waals surface area (Å²) in [7, 11) is 2.16. The van der Waals surface area contributed by atoms with Crippen LogP contribution in [0.3, 0.4) is 0 Å². The molecule has 2 unspecified atom stereocenters. The Kier molecular flexibility index (Phi) is 3.44. The molecule has 0 aliphatic carbocycles. The number of likely N-dealkylation sites (tertiary alicyclic amines) is 1. The molecule has 0 bridgehead atoms. The zero-order valence-electron chi connectivity index (χ0n) is 8.99. The Bertz CT molecular complexity index is 323. The van der Waals surface area contributed by atoms with Gasteiger partial charge >= 0.3 is 0 Å². The van der Waals surface area contributed by atoms with Gasteiger partial charge in [0.25, 0.3) is 0 Å². The van der Waals surface area contributed by atoms with E-state index in [4.69, 9.17) is 5.73 Å². The molecule has 1 aromatic rings. The van der Waals surface area contributed by atoms with Crippen LogP contribution in [-0.4, -0.2) is 31.1 Å². The van der Waals surface area contributed by atoms with E-state index in [0.29, 0.717) is 12.0 Å². The minimum atomic E-state index is 0.308. The lowest BCUT2D eigenvalue weighted by Gasteiger charge is -2.35. The first-order valence-electron chi connectivity index (χ1n) is 5.36. The van der Waals surface area contributed by atoms with Crippen LogP contribution in [0.4, 0.5) is 0 Å². The maximum atomic E-state index is 6.17. The number of nitrogens with zero attached hydrogens (tertiary/aromatic N) is 1. The summed E-state index contributed by atoms with van der Waals surface area (Å²) in [5.41, 5.74) is 7.53. The molecule has 2 atom stereocenters. The lowest BCUT2D eigenvalue weighted by atomic mass is 9.87. The molecule has 1 aliphatic rings. The van der Waals surface area contributed by atoms with Gasteiger partial charge in [0.1, 0.15) is 0 Å². The molecular formula is C12H17BrN2.